The fraction of sp³-hybridized carbons (Fsp3) is 0.929. The number of amides is 1. The van der Waals surface area contributed by atoms with Crippen LogP contribution in [0.3, 0.4) is 0 Å². The Kier molecular flexibility index (Phi) is 4.99. The van der Waals surface area contributed by atoms with Crippen molar-refractivity contribution in [2.24, 2.45) is 17.6 Å². The van der Waals surface area contributed by atoms with E-state index in [1.54, 1.807) is 0 Å². The predicted molar refractivity (Wildman–Crippen MR) is 71.6 cm³/mol. The van der Waals surface area contributed by atoms with Crippen LogP contribution in [0.25, 0.3) is 0 Å². The normalized spacial score (nSPS) is 30.1. The third kappa shape index (κ3) is 3.21. The highest BCUT2D eigenvalue weighted by atomic mass is 16.2. The van der Waals surface area contributed by atoms with E-state index in [1.165, 1.54) is 12.8 Å². The van der Waals surface area contributed by atoms with Crippen molar-refractivity contribution < 1.29 is 4.79 Å². The first-order chi connectivity index (χ1) is 7.94. The average Bonchev–Trinajstić information content (AvgIpc) is 2.33. The summed E-state index contributed by atoms with van der Waals surface area (Å²) in [5.41, 5.74) is 5.45. The van der Waals surface area contributed by atoms with Crippen molar-refractivity contribution in [1.29, 1.82) is 0 Å². The molecule has 0 bridgehead atoms. The molecule has 1 rings (SSSR count). The first kappa shape index (κ1) is 14.5. The largest absolute Gasteiger partial charge is 0.351 e. The van der Waals surface area contributed by atoms with E-state index >= 15 is 0 Å². The number of carbonyl (C=O) groups excluding carboxylic acids is 1. The molecule has 1 saturated carbocycles. The molecule has 1 fully saturated rings. The number of nitrogens with two attached hydrogens (primary N) is 1. The molecule has 3 atom stereocenters. The molecule has 0 radical (unpaired) electrons. The SMILES string of the molecule is CCC(N)(CC)C(=O)NC1CCCC(C)C1C. The topological polar surface area (TPSA) is 55.1 Å². The zero-order valence-corrected chi connectivity index (χ0v) is 11.8. The van der Waals surface area contributed by atoms with Gasteiger partial charge < -0.3 is 11.1 Å². The molecule has 3 heteroatoms. The van der Waals surface area contributed by atoms with Gasteiger partial charge in [-0.2, -0.15) is 0 Å². The molecule has 3 unspecified atom stereocenters. The standard InChI is InChI=1S/C14H28N2O/c1-5-14(15,6-2)13(17)16-12-9-7-8-10(3)11(12)4/h10-12H,5-9,15H2,1-4H3,(H,16,17). The summed E-state index contributed by atoms with van der Waals surface area (Å²) >= 11 is 0. The maximum atomic E-state index is 12.2. The molecule has 3 N–H and O–H groups in total. The predicted octanol–water partition coefficient (Wildman–Crippen LogP) is 2.44. The van der Waals surface area contributed by atoms with Gasteiger partial charge in [0.15, 0.2) is 0 Å². The Morgan fingerprint density at radius 2 is 1.88 bits per heavy atom. The Hall–Kier alpha value is -0.570. The molecule has 100 valence electrons. The lowest BCUT2D eigenvalue weighted by atomic mass is 9.77. The van der Waals surface area contributed by atoms with Crippen molar-refractivity contribution in [2.45, 2.75) is 71.4 Å². The molecule has 0 heterocycles. The van der Waals surface area contributed by atoms with E-state index in [2.05, 4.69) is 19.2 Å². The minimum Gasteiger partial charge on any atom is -0.351 e. The van der Waals surface area contributed by atoms with Crippen LogP contribution in [0.4, 0.5) is 0 Å². The van der Waals surface area contributed by atoms with E-state index < -0.39 is 5.54 Å². The van der Waals surface area contributed by atoms with Gasteiger partial charge >= 0.3 is 0 Å². The molecule has 1 aliphatic rings. The third-order valence-electron chi connectivity index (χ3n) is 4.74. The zero-order chi connectivity index (χ0) is 13.1. The molecule has 0 spiro atoms. The summed E-state index contributed by atoms with van der Waals surface area (Å²) in [5, 5.41) is 3.18. The van der Waals surface area contributed by atoms with Gasteiger partial charge in [-0.25, -0.2) is 0 Å². The highest BCUT2D eigenvalue weighted by molar-refractivity contribution is 5.86. The number of hydrogen-bond acceptors (Lipinski definition) is 2. The van der Waals surface area contributed by atoms with Crippen LogP contribution < -0.4 is 11.1 Å². The molecule has 0 aromatic heterocycles. The highest BCUT2D eigenvalue weighted by Gasteiger charge is 2.34. The van der Waals surface area contributed by atoms with Crippen LogP contribution in [0.1, 0.15) is 59.8 Å². The van der Waals surface area contributed by atoms with Crippen LogP contribution in [0.5, 0.6) is 0 Å². The van der Waals surface area contributed by atoms with Crippen LogP contribution in [-0.2, 0) is 4.79 Å². The van der Waals surface area contributed by atoms with Crippen molar-refractivity contribution >= 4 is 5.91 Å². The molecule has 3 nitrogen and oxygen atoms in total. The quantitative estimate of drug-likeness (QED) is 0.793. The van der Waals surface area contributed by atoms with Crippen LogP contribution in [-0.4, -0.2) is 17.5 Å². The molecular weight excluding hydrogens is 212 g/mol. The van der Waals surface area contributed by atoms with Crippen LogP contribution in [0, 0.1) is 11.8 Å². The summed E-state index contributed by atoms with van der Waals surface area (Å²) in [4.78, 5) is 12.2. The summed E-state index contributed by atoms with van der Waals surface area (Å²) < 4.78 is 0. The number of nitrogens with one attached hydrogen (secondary N) is 1. The van der Waals surface area contributed by atoms with E-state index in [1.807, 2.05) is 13.8 Å². The lowest BCUT2D eigenvalue weighted by Crippen LogP contribution is -2.57. The lowest BCUT2D eigenvalue weighted by molar-refractivity contribution is -0.128. The maximum absolute atomic E-state index is 12.2. The fourth-order valence-electron chi connectivity index (χ4n) is 2.67. The first-order valence-electron chi connectivity index (χ1n) is 7.04. The van der Waals surface area contributed by atoms with E-state index in [-0.39, 0.29) is 5.91 Å². The minimum atomic E-state index is -0.680. The van der Waals surface area contributed by atoms with Crippen LogP contribution in [0.15, 0.2) is 0 Å². The van der Waals surface area contributed by atoms with Gasteiger partial charge in [0, 0.05) is 6.04 Å². The van der Waals surface area contributed by atoms with E-state index in [0.717, 1.165) is 6.42 Å². The Morgan fingerprint density at radius 1 is 1.29 bits per heavy atom. The first-order valence-corrected chi connectivity index (χ1v) is 7.04. The monoisotopic (exact) mass is 240 g/mol. The molecule has 17 heavy (non-hydrogen) atoms. The molecule has 0 saturated heterocycles. The maximum Gasteiger partial charge on any atom is 0.240 e. The van der Waals surface area contributed by atoms with Gasteiger partial charge in [0.05, 0.1) is 5.54 Å². The van der Waals surface area contributed by atoms with Gasteiger partial charge in [0.1, 0.15) is 0 Å². The fourth-order valence-corrected chi connectivity index (χ4v) is 2.67. The van der Waals surface area contributed by atoms with Crippen molar-refractivity contribution in [2.75, 3.05) is 0 Å². The second-order valence-electron chi connectivity index (χ2n) is 5.71. The Labute approximate surface area is 106 Å². The van der Waals surface area contributed by atoms with Gasteiger partial charge in [0.2, 0.25) is 5.91 Å². The zero-order valence-electron chi connectivity index (χ0n) is 11.8. The van der Waals surface area contributed by atoms with Crippen molar-refractivity contribution in [3.63, 3.8) is 0 Å². The van der Waals surface area contributed by atoms with E-state index in [0.29, 0.717) is 30.7 Å². The Morgan fingerprint density at radius 3 is 2.41 bits per heavy atom. The second kappa shape index (κ2) is 5.85. The minimum absolute atomic E-state index is 0.0356. The molecule has 0 aliphatic heterocycles. The summed E-state index contributed by atoms with van der Waals surface area (Å²) in [6.45, 7) is 8.48. The lowest BCUT2D eigenvalue weighted by Gasteiger charge is -2.37. The van der Waals surface area contributed by atoms with Gasteiger partial charge in [-0.15, -0.1) is 0 Å². The number of rotatable bonds is 4. The molecule has 1 amide bonds. The molecular formula is C14H28N2O. The summed E-state index contributed by atoms with van der Waals surface area (Å²) in [6.07, 6.45) is 4.99. The van der Waals surface area contributed by atoms with E-state index in [4.69, 9.17) is 5.73 Å². The second-order valence-corrected chi connectivity index (χ2v) is 5.71. The number of hydrogen-bond donors (Lipinski definition) is 2. The van der Waals surface area contributed by atoms with Crippen LogP contribution in [0.2, 0.25) is 0 Å². The third-order valence-corrected chi connectivity index (χ3v) is 4.74. The average molecular weight is 240 g/mol. The summed E-state index contributed by atoms with van der Waals surface area (Å²) in [7, 11) is 0. The molecule has 1 aliphatic carbocycles. The number of carbonyl (C=O) groups is 1. The Balaban J connectivity index is 2.61. The van der Waals surface area contributed by atoms with Gasteiger partial charge in [-0.05, 0) is 31.1 Å². The van der Waals surface area contributed by atoms with Gasteiger partial charge in [-0.1, -0.05) is 40.5 Å². The van der Waals surface area contributed by atoms with Gasteiger partial charge in [0.25, 0.3) is 0 Å². The van der Waals surface area contributed by atoms with Crippen molar-refractivity contribution in [3.8, 4) is 0 Å². The summed E-state index contributed by atoms with van der Waals surface area (Å²) in [5.74, 6) is 1.29. The van der Waals surface area contributed by atoms with Crippen LogP contribution >= 0.6 is 0 Å². The molecule has 0 aromatic carbocycles. The van der Waals surface area contributed by atoms with Crippen molar-refractivity contribution in [1.82, 2.24) is 5.32 Å². The Bertz CT molecular complexity index is 261. The highest BCUT2D eigenvalue weighted by Crippen LogP contribution is 2.29. The molecule has 0 aromatic rings. The van der Waals surface area contributed by atoms with Gasteiger partial charge in [-0.3, -0.25) is 4.79 Å². The van der Waals surface area contributed by atoms with E-state index in [9.17, 15) is 4.79 Å². The van der Waals surface area contributed by atoms with Crippen molar-refractivity contribution in [3.05, 3.63) is 0 Å². The smallest absolute Gasteiger partial charge is 0.240 e. The summed E-state index contributed by atoms with van der Waals surface area (Å²) in [6, 6.07) is 0.312.